The Balaban J connectivity index is 2.17. The molecule has 2 N–H and O–H groups in total. The maximum absolute atomic E-state index is 13.6. The second-order valence-electron chi connectivity index (χ2n) is 4.11. The second kappa shape index (κ2) is 6.24. The topological polar surface area (TPSA) is 97.1 Å². The Morgan fingerprint density at radius 2 is 2.10 bits per heavy atom. The molecule has 0 saturated heterocycles. The molecule has 0 saturated carbocycles. The molecular formula is C11H12F2N4O3S. The highest BCUT2D eigenvalue weighted by atomic mass is 32.2. The minimum Gasteiger partial charge on any atom is -0.392 e. The molecule has 114 valence electrons. The van der Waals surface area contributed by atoms with E-state index in [1.54, 1.807) is 0 Å². The van der Waals surface area contributed by atoms with Crippen LogP contribution in [0.2, 0.25) is 0 Å². The summed E-state index contributed by atoms with van der Waals surface area (Å²) >= 11 is 0. The maximum atomic E-state index is 13.6. The first-order chi connectivity index (χ1) is 9.94. The van der Waals surface area contributed by atoms with Crippen molar-refractivity contribution in [2.75, 3.05) is 6.54 Å². The third-order valence-electron chi connectivity index (χ3n) is 2.63. The molecule has 2 rings (SSSR count). The van der Waals surface area contributed by atoms with Gasteiger partial charge in [-0.15, -0.1) is 5.10 Å². The molecule has 0 spiro atoms. The summed E-state index contributed by atoms with van der Waals surface area (Å²) in [6.45, 7) is -0.488. The Hall–Kier alpha value is -1.91. The molecule has 1 aromatic heterocycles. The zero-order chi connectivity index (χ0) is 15.5. The van der Waals surface area contributed by atoms with Crippen LogP contribution in [-0.4, -0.2) is 35.1 Å². The molecule has 7 nitrogen and oxygen atoms in total. The summed E-state index contributed by atoms with van der Waals surface area (Å²) in [6, 6.07) is 1.62. The smallest absolute Gasteiger partial charge is 0.243 e. The van der Waals surface area contributed by atoms with Crippen molar-refractivity contribution in [3.63, 3.8) is 0 Å². The van der Waals surface area contributed by atoms with Crippen LogP contribution in [0.1, 0.15) is 5.56 Å². The molecule has 21 heavy (non-hydrogen) atoms. The van der Waals surface area contributed by atoms with E-state index in [-0.39, 0.29) is 18.7 Å². The largest absolute Gasteiger partial charge is 0.392 e. The van der Waals surface area contributed by atoms with Gasteiger partial charge in [-0.1, -0.05) is 5.21 Å². The number of nitrogens with one attached hydrogen (secondary N) is 1. The molecule has 0 unspecified atom stereocenters. The normalized spacial score (nSPS) is 11.8. The average Bonchev–Trinajstić information content (AvgIpc) is 2.94. The second-order valence-corrected chi connectivity index (χ2v) is 5.85. The van der Waals surface area contributed by atoms with Crippen LogP contribution in [0.25, 0.3) is 0 Å². The number of aliphatic hydroxyl groups is 1. The number of hydrogen-bond donors (Lipinski definition) is 2. The molecule has 0 fully saturated rings. The van der Waals surface area contributed by atoms with Crippen molar-refractivity contribution in [3.8, 4) is 0 Å². The molecule has 0 amide bonds. The first kappa shape index (κ1) is 15.5. The van der Waals surface area contributed by atoms with Crippen LogP contribution < -0.4 is 4.72 Å². The highest BCUT2D eigenvalue weighted by Gasteiger charge is 2.22. The Bertz CT molecular complexity index is 719. The fourth-order valence-electron chi connectivity index (χ4n) is 1.63. The summed E-state index contributed by atoms with van der Waals surface area (Å²) < 4.78 is 54.3. The predicted octanol–water partition coefficient (Wildman–Crippen LogP) is 0.0271. The molecular weight excluding hydrogens is 306 g/mol. The van der Waals surface area contributed by atoms with Gasteiger partial charge in [-0.3, -0.25) is 4.68 Å². The first-order valence-corrected chi connectivity index (χ1v) is 7.35. The lowest BCUT2D eigenvalue weighted by Gasteiger charge is -2.09. The molecule has 0 aliphatic rings. The molecule has 10 heteroatoms. The van der Waals surface area contributed by atoms with Crippen LogP contribution in [0, 0.1) is 11.6 Å². The van der Waals surface area contributed by atoms with Crippen LogP contribution in [-0.2, 0) is 23.2 Å². The van der Waals surface area contributed by atoms with Crippen molar-refractivity contribution < 1.29 is 22.3 Å². The fraction of sp³-hybridized carbons (Fsp3) is 0.273. The van der Waals surface area contributed by atoms with Crippen molar-refractivity contribution in [1.82, 2.24) is 19.7 Å². The summed E-state index contributed by atoms with van der Waals surface area (Å²) in [6.07, 6.45) is 2.95. The van der Waals surface area contributed by atoms with Gasteiger partial charge >= 0.3 is 0 Å². The van der Waals surface area contributed by atoms with Gasteiger partial charge in [-0.05, 0) is 17.7 Å². The number of hydrogen-bond acceptors (Lipinski definition) is 5. The van der Waals surface area contributed by atoms with Crippen LogP contribution >= 0.6 is 0 Å². The summed E-state index contributed by atoms with van der Waals surface area (Å²) in [5, 5.41) is 16.1. The fourth-order valence-corrected chi connectivity index (χ4v) is 2.78. The van der Waals surface area contributed by atoms with Gasteiger partial charge in [-0.2, -0.15) is 0 Å². The van der Waals surface area contributed by atoms with Gasteiger partial charge in [0.2, 0.25) is 10.0 Å². The Labute approximate surface area is 119 Å². The molecule has 1 heterocycles. The Morgan fingerprint density at radius 3 is 2.71 bits per heavy atom. The van der Waals surface area contributed by atoms with Crippen molar-refractivity contribution in [2.24, 2.45) is 0 Å². The van der Waals surface area contributed by atoms with Gasteiger partial charge in [-0.25, -0.2) is 21.9 Å². The predicted molar refractivity (Wildman–Crippen MR) is 67.5 cm³/mol. The van der Waals surface area contributed by atoms with E-state index in [0.29, 0.717) is 0 Å². The zero-order valence-corrected chi connectivity index (χ0v) is 11.5. The van der Waals surface area contributed by atoms with Gasteiger partial charge < -0.3 is 5.11 Å². The van der Waals surface area contributed by atoms with E-state index in [2.05, 4.69) is 15.0 Å². The number of aliphatic hydroxyl groups excluding tert-OH is 1. The Kier molecular flexibility index (Phi) is 4.60. The standard InChI is InChI=1S/C11H12F2N4O3S/c12-9-5-8(7-18)6-10(11(9)13)21(19,20)15-2-4-17-3-1-14-16-17/h1,3,5-6,15,18H,2,4,7H2. The summed E-state index contributed by atoms with van der Waals surface area (Å²) in [7, 11) is -4.24. The van der Waals surface area contributed by atoms with Crippen LogP contribution in [0.4, 0.5) is 8.78 Å². The van der Waals surface area contributed by atoms with Gasteiger partial charge in [0.15, 0.2) is 11.6 Å². The highest BCUT2D eigenvalue weighted by molar-refractivity contribution is 7.89. The van der Waals surface area contributed by atoms with Gasteiger partial charge in [0.25, 0.3) is 0 Å². The molecule has 0 atom stereocenters. The van der Waals surface area contributed by atoms with Crippen LogP contribution in [0.15, 0.2) is 29.4 Å². The monoisotopic (exact) mass is 318 g/mol. The molecule has 1 aromatic carbocycles. The number of rotatable bonds is 6. The third-order valence-corrected chi connectivity index (χ3v) is 4.09. The van der Waals surface area contributed by atoms with Crippen molar-refractivity contribution in [1.29, 1.82) is 0 Å². The first-order valence-electron chi connectivity index (χ1n) is 5.86. The molecule has 0 radical (unpaired) electrons. The quantitative estimate of drug-likeness (QED) is 0.783. The van der Waals surface area contributed by atoms with Crippen LogP contribution in [0.5, 0.6) is 0 Å². The van der Waals surface area contributed by atoms with Gasteiger partial charge in [0.1, 0.15) is 4.90 Å². The van der Waals surface area contributed by atoms with E-state index in [1.165, 1.54) is 17.1 Å². The number of sulfonamides is 1. The third kappa shape index (κ3) is 3.60. The van der Waals surface area contributed by atoms with E-state index in [1.807, 2.05) is 0 Å². The molecule has 0 bridgehead atoms. The average molecular weight is 318 g/mol. The van der Waals surface area contributed by atoms with E-state index >= 15 is 0 Å². The van der Waals surface area contributed by atoms with E-state index in [0.717, 1.165) is 12.1 Å². The van der Waals surface area contributed by atoms with Crippen molar-refractivity contribution in [2.45, 2.75) is 18.0 Å². The number of halogens is 2. The summed E-state index contributed by atoms with van der Waals surface area (Å²) in [5.74, 6) is -2.82. The van der Waals surface area contributed by atoms with E-state index in [9.17, 15) is 17.2 Å². The van der Waals surface area contributed by atoms with E-state index < -0.39 is 33.2 Å². The summed E-state index contributed by atoms with van der Waals surface area (Å²) in [5.41, 5.74) is -0.0365. The molecule has 0 aliphatic heterocycles. The van der Waals surface area contributed by atoms with Crippen molar-refractivity contribution in [3.05, 3.63) is 41.7 Å². The Morgan fingerprint density at radius 1 is 1.33 bits per heavy atom. The number of aromatic nitrogens is 3. The molecule has 2 aromatic rings. The number of nitrogens with zero attached hydrogens (tertiary/aromatic N) is 3. The summed E-state index contributed by atoms with van der Waals surface area (Å²) in [4.78, 5) is -0.842. The lowest BCUT2D eigenvalue weighted by Crippen LogP contribution is -2.28. The lowest BCUT2D eigenvalue weighted by atomic mass is 10.2. The SMILES string of the molecule is O=S(=O)(NCCn1ccnn1)c1cc(CO)cc(F)c1F. The maximum Gasteiger partial charge on any atom is 0.243 e. The molecule has 0 aliphatic carbocycles. The minimum atomic E-state index is -4.24. The van der Waals surface area contributed by atoms with E-state index in [4.69, 9.17) is 5.11 Å². The van der Waals surface area contributed by atoms with Gasteiger partial charge in [0, 0.05) is 12.7 Å². The zero-order valence-electron chi connectivity index (χ0n) is 10.7. The van der Waals surface area contributed by atoms with Crippen molar-refractivity contribution >= 4 is 10.0 Å². The minimum absolute atomic E-state index is 0.0365. The number of benzene rings is 1. The van der Waals surface area contributed by atoms with Crippen LogP contribution in [0.3, 0.4) is 0 Å². The van der Waals surface area contributed by atoms with Gasteiger partial charge in [0.05, 0.1) is 19.3 Å². The lowest BCUT2D eigenvalue weighted by molar-refractivity contribution is 0.280. The highest BCUT2D eigenvalue weighted by Crippen LogP contribution is 2.19.